The fraction of sp³-hybridized carbons (Fsp3) is 0.143. The number of nitrogens with zero attached hydrogens (tertiary/aromatic N) is 2. The molecule has 0 aliphatic carbocycles. The second kappa shape index (κ2) is 4.38. The monoisotopic (exact) mass is 255 g/mol. The molecule has 0 bridgehead atoms. The predicted octanol–water partition coefficient (Wildman–Crippen LogP) is 3.82. The minimum atomic E-state index is 0.969. The van der Waals surface area contributed by atoms with Crippen molar-refractivity contribution in [3.8, 4) is 21.8 Å². The maximum absolute atomic E-state index is 4.44. The summed E-state index contributed by atoms with van der Waals surface area (Å²) in [5, 5.41) is 8.54. The molecule has 3 aromatic rings. The van der Waals surface area contributed by atoms with Crippen molar-refractivity contribution >= 4 is 11.3 Å². The van der Waals surface area contributed by atoms with E-state index in [0.717, 1.165) is 27.7 Å². The summed E-state index contributed by atoms with van der Waals surface area (Å²) in [6, 6.07) is 12.2. The van der Waals surface area contributed by atoms with Crippen LogP contribution < -0.4 is 0 Å². The fourth-order valence-corrected chi connectivity index (χ4v) is 2.86. The molecule has 0 aliphatic heterocycles. The van der Waals surface area contributed by atoms with E-state index in [1.165, 1.54) is 4.88 Å². The van der Waals surface area contributed by atoms with Crippen LogP contribution in [0.4, 0.5) is 0 Å². The summed E-state index contributed by atoms with van der Waals surface area (Å²) in [5.41, 5.74) is 4.19. The molecule has 0 saturated carbocycles. The second-order valence-electron chi connectivity index (χ2n) is 4.18. The largest absolute Gasteiger partial charge is 0.276 e. The second-order valence-corrected chi connectivity index (χ2v) is 5.38. The number of aryl methyl sites for hydroxylation is 2. The van der Waals surface area contributed by atoms with Gasteiger partial charge < -0.3 is 0 Å². The summed E-state index contributed by atoms with van der Waals surface area (Å²) in [6.07, 6.45) is 0. The van der Waals surface area contributed by atoms with Crippen LogP contribution in [0.25, 0.3) is 21.8 Å². The van der Waals surface area contributed by atoms with Crippen molar-refractivity contribution in [2.75, 3.05) is 0 Å². The molecule has 0 radical (unpaired) electrons. The fourth-order valence-electron chi connectivity index (χ4n) is 1.98. The number of H-pyrrole nitrogens is 1. The molecular formula is C14H13N3S. The molecule has 0 aliphatic rings. The summed E-state index contributed by atoms with van der Waals surface area (Å²) < 4.78 is 0. The first-order chi connectivity index (χ1) is 8.74. The lowest BCUT2D eigenvalue weighted by Gasteiger charge is -1.93. The van der Waals surface area contributed by atoms with E-state index in [4.69, 9.17) is 0 Å². The van der Waals surface area contributed by atoms with Gasteiger partial charge >= 0.3 is 0 Å². The van der Waals surface area contributed by atoms with Crippen LogP contribution in [0.1, 0.15) is 10.7 Å². The first kappa shape index (κ1) is 11.2. The van der Waals surface area contributed by atoms with Gasteiger partial charge in [-0.15, -0.1) is 11.3 Å². The van der Waals surface area contributed by atoms with E-state index in [2.05, 4.69) is 33.4 Å². The van der Waals surface area contributed by atoms with Crippen LogP contribution in [0.3, 0.4) is 0 Å². The molecule has 1 aromatic carbocycles. The van der Waals surface area contributed by atoms with Gasteiger partial charge in [0.2, 0.25) is 0 Å². The van der Waals surface area contributed by atoms with Crippen molar-refractivity contribution in [2.24, 2.45) is 0 Å². The highest BCUT2D eigenvalue weighted by atomic mass is 32.1. The Hall–Kier alpha value is -1.94. The number of benzene rings is 1. The van der Waals surface area contributed by atoms with E-state index in [1.807, 2.05) is 32.0 Å². The zero-order chi connectivity index (χ0) is 12.5. The highest BCUT2D eigenvalue weighted by Crippen LogP contribution is 2.30. The van der Waals surface area contributed by atoms with Crippen LogP contribution in [0.5, 0.6) is 0 Å². The third kappa shape index (κ3) is 1.95. The molecule has 18 heavy (non-hydrogen) atoms. The van der Waals surface area contributed by atoms with Gasteiger partial charge in [-0.05, 0) is 19.9 Å². The summed E-state index contributed by atoms with van der Waals surface area (Å²) in [6.45, 7) is 4.05. The molecule has 90 valence electrons. The van der Waals surface area contributed by atoms with Gasteiger partial charge in [-0.25, -0.2) is 4.98 Å². The number of nitrogens with one attached hydrogen (secondary N) is 1. The lowest BCUT2D eigenvalue weighted by atomic mass is 10.1. The normalized spacial score (nSPS) is 10.8. The lowest BCUT2D eigenvalue weighted by Crippen LogP contribution is -1.77. The molecule has 4 heteroatoms. The first-order valence-electron chi connectivity index (χ1n) is 5.79. The highest BCUT2D eigenvalue weighted by molar-refractivity contribution is 7.15. The molecule has 0 saturated heterocycles. The number of aromatic amines is 1. The Kier molecular flexibility index (Phi) is 2.72. The topological polar surface area (TPSA) is 41.6 Å². The van der Waals surface area contributed by atoms with Gasteiger partial charge in [-0.1, -0.05) is 30.3 Å². The molecule has 0 amide bonds. The van der Waals surface area contributed by atoms with Gasteiger partial charge in [0.15, 0.2) is 0 Å². The van der Waals surface area contributed by atoms with Crippen molar-refractivity contribution in [3.05, 3.63) is 47.1 Å². The zero-order valence-electron chi connectivity index (χ0n) is 10.3. The molecule has 1 N–H and O–H groups in total. The maximum Gasteiger partial charge on any atom is 0.0927 e. The third-order valence-corrected chi connectivity index (χ3v) is 3.90. The molecule has 3 rings (SSSR count). The number of rotatable bonds is 2. The van der Waals surface area contributed by atoms with Gasteiger partial charge in [0, 0.05) is 5.56 Å². The standard InChI is InChI=1S/C14H13N3S/c1-9-14(18-10(2)15-9)13-8-12(16-17-13)11-6-4-3-5-7-11/h3-8H,1-2H3,(H,16,17). The van der Waals surface area contributed by atoms with Crippen LogP contribution >= 0.6 is 11.3 Å². The highest BCUT2D eigenvalue weighted by Gasteiger charge is 2.11. The molecule has 0 spiro atoms. The summed E-state index contributed by atoms with van der Waals surface area (Å²) in [5.74, 6) is 0. The SMILES string of the molecule is Cc1nc(C)c(-c2cc(-c3ccccc3)n[nH]2)s1. The maximum atomic E-state index is 4.44. The molecule has 2 aromatic heterocycles. The minimum Gasteiger partial charge on any atom is -0.276 e. The average Bonchev–Trinajstić information content (AvgIpc) is 2.97. The lowest BCUT2D eigenvalue weighted by molar-refractivity contribution is 1.10. The van der Waals surface area contributed by atoms with Crippen LogP contribution in [0.15, 0.2) is 36.4 Å². The van der Waals surface area contributed by atoms with Crippen LogP contribution in [0.2, 0.25) is 0 Å². The van der Waals surface area contributed by atoms with E-state index in [9.17, 15) is 0 Å². The van der Waals surface area contributed by atoms with Crippen molar-refractivity contribution in [2.45, 2.75) is 13.8 Å². The van der Waals surface area contributed by atoms with Crippen molar-refractivity contribution in [3.63, 3.8) is 0 Å². The molecular weight excluding hydrogens is 242 g/mol. The van der Waals surface area contributed by atoms with Gasteiger partial charge in [0.25, 0.3) is 0 Å². The Morgan fingerprint density at radius 2 is 1.89 bits per heavy atom. The number of aromatic nitrogens is 3. The van der Waals surface area contributed by atoms with Gasteiger partial charge in [0.05, 0.1) is 27.0 Å². The number of hydrogen-bond acceptors (Lipinski definition) is 3. The third-order valence-electron chi connectivity index (χ3n) is 2.80. The molecule has 2 heterocycles. The molecule has 0 fully saturated rings. The molecule has 0 unspecified atom stereocenters. The zero-order valence-corrected chi connectivity index (χ0v) is 11.1. The van der Waals surface area contributed by atoms with E-state index in [1.54, 1.807) is 11.3 Å². The van der Waals surface area contributed by atoms with Crippen molar-refractivity contribution < 1.29 is 0 Å². The minimum absolute atomic E-state index is 0.969. The van der Waals surface area contributed by atoms with Crippen molar-refractivity contribution in [1.29, 1.82) is 0 Å². The average molecular weight is 255 g/mol. The van der Waals surface area contributed by atoms with Gasteiger partial charge in [-0.2, -0.15) is 5.10 Å². The Labute approximate surface area is 110 Å². The van der Waals surface area contributed by atoms with E-state index in [-0.39, 0.29) is 0 Å². The quantitative estimate of drug-likeness (QED) is 0.756. The molecule has 3 nitrogen and oxygen atoms in total. The Bertz CT molecular complexity index is 667. The van der Waals surface area contributed by atoms with E-state index >= 15 is 0 Å². The summed E-state index contributed by atoms with van der Waals surface area (Å²) in [7, 11) is 0. The van der Waals surface area contributed by atoms with Crippen LogP contribution in [0, 0.1) is 13.8 Å². The van der Waals surface area contributed by atoms with E-state index < -0.39 is 0 Å². The number of hydrogen-bond donors (Lipinski definition) is 1. The Morgan fingerprint density at radius 1 is 1.11 bits per heavy atom. The summed E-state index contributed by atoms with van der Waals surface area (Å²) in [4.78, 5) is 5.61. The van der Waals surface area contributed by atoms with E-state index in [0.29, 0.717) is 0 Å². The smallest absolute Gasteiger partial charge is 0.0927 e. The Morgan fingerprint density at radius 3 is 2.56 bits per heavy atom. The van der Waals surface area contributed by atoms with Gasteiger partial charge in [0.1, 0.15) is 0 Å². The Balaban J connectivity index is 2.02. The molecule has 0 atom stereocenters. The predicted molar refractivity (Wildman–Crippen MR) is 74.6 cm³/mol. The van der Waals surface area contributed by atoms with Crippen molar-refractivity contribution in [1.82, 2.24) is 15.2 Å². The summed E-state index contributed by atoms with van der Waals surface area (Å²) >= 11 is 1.69. The number of thiazole rings is 1. The first-order valence-corrected chi connectivity index (χ1v) is 6.61. The van der Waals surface area contributed by atoms with Gasteiger partial charge in [-0.3, -0.25) is 5.10 Å². The van der Waals surface area contributed by atoms with Crippen LogP contribution in [-0.2, 0) is 0 Å². The van der Waals surface area contributed by atoms with Crippen LogP contribution in [-0.4, -0.2) is 15.2 Å².